The second-order valence-corrected chi connectivity index (χ2v) is 5.20. The van der Waals surface area contributed by atoms with E-state index < -0.39 is 11.8 Å². The third-order valence-corrected chi connectivity index (χ3v) is 3.39. The number of carboxylic acid groups (broad SMARTS) is 1. The van der Waals surface area contributed by atoms with E-state index in [1.54, 1.807) is 6.07 Å². The molecule has 0 aliphatic heterocycles. The molecule has 23 heavy (non-hydrogen) atoms. The summed E-state index contributed by atoms with van der Waals surface area (Å²) in [4.78, 5) is 26.1. The highest BCUT2D eigenvalue weighted by molar-refractivity contribution is 5.98. The minimum Gasteiger partial charge on any atom is -0.505 e. The van der Waals surface area contributed by atoms with Gasteiger partial charge in [0.05, 0.1) is 12.6 Å². The van der Waals surface area contributed by atoms with Gasteiger partial charge in [-0.2, -0.15) is 0 Å². The zero-order valence-corrected chi connectivity index (χ0v) is 12.9. The molecule has 2 rings (SSSR count). The van der Waals surface area contributed by atoms with Gasteiger partial charge in [-0.05, 0) is 37.1 Å². The van der Waals surface area contributed by atoms with E-state index in [0.29, 0.717) is 11.5 Å². The number of carbonyl (C=O) groups excluding carboxylic acids is 1. The van der Waals surface area contributed by atoms with Crippen molar-refractivity contribution in [1.29, 1.82) is 0 Å². The maximum atomic E-state index is 11.8. The molecular formula is C17H17NO5. The highest BCUT2D eigenvalue weighted by Gasteiger charge is 2.15. The zero-order valence-electron chi connectivity index (χ0n) is 12.9. The van der Waals surface area contributed by atoms with E-state index in [-0.39, 0.29) is 24.3 Å². The molecule has 0 unspecified atom stereocenters. The number of ether oxygens (including phenoxy) is 1. The molecule has 1 aromatic heterocycles. The largest absolute Gasteiger partial charge is 0.505 e. The summed E-state index contributed by atoms with van der Waals surface area (Å²) in [5.74, 6) is -1.04. The Morgan fingerprint density at radius 2 is 1.83 bits per heavy atom. The first-order valence-electron chi connectivity index (χ1n) is 7.06. The Balaban J connectivity index is 2.13. The van der Waals surface area contributed by atoms with Gasteiger partial charge < -0.3 is 14.9 Å². The number of carboxylic acids is 1. The lowest BCUT2D eigenvalue weighted by Gasteiger charge is -2.09. The maximum absolute atomic E-state index is 11.8. The Bertz CT molecular complexity index is 755. The predicted molar refractivity (Wildman–Crippen MR) is 83.1 cm³/mol. The molecule has 0 amide bonds. The van der Waals surface area contributed by atoms with Crippen LogP contribution in [-0.4, -0.2) is 26.9 Å². The molecule has 2 aromatic rings. The van der Waals surface area contributed by atoms with Crippen LogP contribution in [0.5, 0.6) is 17.2 Å². The number of hydrogen-bond donors (Lipinski definition) is 2. The van der Waals surface area contributed by atoms with Crippen molar-refractivity contribution in [3.63, 3.8) is 0 Å². The normalized spacial score (nSPS) is 10.3. The van der Waals surface area contributed by atoms with Gasteiger partial charge in [0.15, 0.2) is 5.78 Å². The Labute approximate surface area is 133 Å². The van der Waals surface area contributed by atoms with E-state index in [2.05, 4.69) is 4.98 Å². The molecule has 2 N–H and O–H groups in total. The van der Waals surface area contributed by atoms with Crippen molar-refractivity contribution >= 4 is 11.8 Å². The van der Waals surface area contributed by atoms with Gasteiger partial charge >= 0.3 is 5.97 Å². The lowest BCUT2D eigenvalue weighted by molar-refractivity contribution is -0.136. The second kappa shape index (κ2) is 6.91. The number of benzene rings is 1. The minimum absolute atomic E-state index is 0.154. The summed E-state index contributed by atoms with van der Waals surface area (Å²) in [5, 5.41) is 18.5. The van der Waals surface area contributed by atoms with Crippen LogP contribution in [-0.2, 0) is 4.79 Å². The van der Waals surface area contributed by atoms with Crippen molar-refractivity contribution in [3.8, 4) is 17.2 Å². The van der Waals surface area contributed by atoms with E-state index in [9.17, 15) is 14.7 Å². The molecule has 120 valence electrons. The Hall–Kier alpha value is -2.89. The lowest BCUT2D eigenvalue weighted by atomic mass is 10.1. The van der Waals surface area contributed by atoms with Crippen LogP contribution in [0.3, 0.4) is 0 Å². The number of pyridine rings is 1. The number of aromatic nitrogens is 1. The fourth-order valence-corrected chi connectivity index (χ4v) is 1.96. The first-order valence-corrected chi connectivity index (χ1v) is 7.06. The van der Waals surface area contributed by atoms with Crippen LogP contribution in [0, 0.1) is 13.8 Å². The van der Waals surface area contributed by atoms with Crippen molar-refractivity contribution in [3.05, 3.63) is 47.3 Å². The molecule has 0 bridgehead atoms. The van der Waals surface area contributed by atoms with Crippen LogP contribution in [0.1, 0.15) is 34.5 Å². The first kappa shape index (κ1) is 16.5. The van der Waals surface area contributed by atoms with Crippen LogP contribution in [0.2, 0.25) is 0 Å². The van der Waals surface area contributed by atoms with E-state index in [0.717, 1.165) is 11.1 Å². The minimum atomic E-state index is -1.08. The van der Waals surface area contributed by atoms with Gasteiger partial charge in [0.2, 0.25) is 0 Å². The molecule has 0 spiro atoms. The standard InChI is InChI=1S/C17H17NO5/c1-10-3-4-12(7-11(10)2)23-13-8-15(20)17(18-9-13)14(19)5-6-16(21)22/h3-4,7-9,20H,5-6H2,1-2H3,(H,21,22). The SMILES string of the molecule is Cc1ccc(Oc2cnc(C(=O)CCC(=O)O)c(O)c2)cc1C. The molecule has 0 fully saturated rings. The molecule has 0 saturated heterocycles. The Morgan fingerprint density at radius 3 is 2.43 bits per heavy atom. The predicted octanol–water partition coefficient (Wildman–Crippen LogP) is 3.24. The van der Waals surface area contributed by atoms with Crippen molar-refractivity contribution in [2.45, 2.75) is 26.7 Å². The van der Waals surface area contributed by atoms with E-state index >= 15 is 0 Å². The number of aryl methyl sites for hydroxylation is 2. The van der Waals surface area contributed by atoms with Gasteiger partial charge in [0.25, 0.3) is 0 Å². The Morgan fingerprint density at radius 1 is 1.09 bits per heavy atom. The van der Waals surface area contributed by atoms with Gasteiger partial charge in [0, 0.05) is 12.5 Å². The van der Waals surface area contributed by atoms with Gasteiger partial charge in [-0.15, -0.1) is 0 Å². The molecule has 1 heterocycles. The fraction of sp³-hybridized carbons (Fsp3) is 0.235. The number of ketones is 1. The highest BCUT2D eigenvalue weighted by Crippen LogP contribution is 2.27. The van der Waals surface area contributed by atoms with Crippen LogP contribution < -0.4 is 4.74 Å². The highest BCUT2D eigenvalue weighted by atomic mass is 16.5. The second-order valence-electron chi connectivity index (χ2n) is 5.20. The summed E-state index contributed by atoms with van der Waals surface area (Å²) in [5.41, 5.74) is 2.05. The molecule has 0 atom stereocenters. The number of carbonyl (C=O) groups is 2. The van der Waals surface area contributed by atoms with Gasteiger partial charge in [0.1, 0.15) is 22.9 Å². The summed E-state index contributed by atoms with van der Waals surface area (Å²) in [6.07, 6.45) is 0.803. The summed E-state index contributed by atoms with van der Waals surface area (Å²) in [6.45, 7) is 3.95. The average Bonchev–Trinajstić information content (AvgIpc) is 2.49. The molecule has 0 aliphatic rings. The van der Waals surface area contributed by atoms with Gasteiger partial charge in [-0.1, -0.05) is 6.07 Å². The lowest BCUT2D eigenvalue weighted by Crippen LogP contribution is -2.06. The summed E-state index contributed by atoms with van der Waals surface area (Å²) in [7, 11) is 0. The number of rotatable bonds is 6. The van der Waals surface area contributed by atoms with Crippen LogP contribution >= 0.6 is 0 Å². The molecule has 0 aliphatic carbocycles. The summed E-state index contributed by atoms with van der Waals surface area (Å²) >= 11 is 0. The summed E-state index contributed by atoms with van der Waals surface area (Å²) < 4.78 is 5.60. The summed E-state index contributed by atoms with van der Waals surface area (Å²) in [6, 6.07) is 6.86. The first-order chi connectivity index (χ1) is 10.9. The van der Waals surface area contributed by atoms with Crippen molar-refractivity contribution in [1.82, 2.24) is 4.98 Å². The smallest absolute Gasteiger partial charge is 0.303 e. The Kier molecular flexibility index (Phi) is 4.95. The quantitative estimate of drug-likeness (QED) is 0.794. The number of Topliss-reactive ketones (excluding diaryl/α,β-unsaturated/α-hetero) is 1. The third-order valence-electron chi connectivity index (χ3n) is 3.39. The molecule has 0 saturated carbocycles. The molecular weight excluding hydrogens is 298 g/mol. The van der Waals surface area contributed by atoms with Crippen molar-refractivity contribution in [2.24, 2.45) is 0 Å². The monoisotopic (exact) mass is 315 g/mol. The van der Waals surface area contributed by atoms with Gasteiger partial charge in [-0.25, -0.2) is 4.98 Å². The zero-order chi connectivity index (χ0) is 17.0. The fourth-order valence-electron chi connectivity index (χ4n) is 1.96. The average molecular weight is 315 g/mol. The van der Waals surface area contributed by atoms with Crippen molar-refractivity contribution in [2.75, 3.05) is 0 Å². The van der Waals surface area contributed by atoms with E-state index in [4.69, 9.17) is 9.84 Å². The molecule has 6 heteroatoms. The van der Waals surface area contributed by atoms with Gasteiger partial charge in [-0.3, -0.25) is 9.59 Å². The topological polar surface area (TPSA) is 96.7 Å². The number of aromatic hydroxyl groups is 1. The van der Waals surface area contributed by atoms with E-state index in [1.165, 1.54) is 12.3 Å². The number of aliphatic carboxylic acids is 1. The third kappa shape index (κ3) is 4.29. The molecule has 1 aromatic carbocycles. The maximum Gasteiger partial charge on any atom is 0.303 e. The van der Waals surface area contributed by atoms with Crippen LogP contribution in [0.4, 0.5) is 0 Å². The molecule has 6 nitrogen and oxygen atoms in total. The molecule has 0 radical (unpaired) electrons. The number of nitrogens with zero attached hydrogens (tertiary/aromatic N) is 1. The van der Waals surface area contributed by atoms with Crippen LogP contribution in [0.25, 0.3) is 0 Å². The number of hydrogen-bond acceptors (Lipinski definition) is 5. The van der Waals surface area contributed by atoms with Crippen molar-refractivity contribution < 1.29 is 24.5 Å². The van der Waals surface area contributed by atoms with Crippen LogP contribution in [0.15, 0.2) is 30.5 Å². The van der Waals surface area contributed by atoms with E-state index in [1.807, 2.05) is 26.0 Å².